The van der Waals surface area contributed by atoms with Crippen LogP contribution in [0.4, 0.5) is 16.2 Å². The van der Waals surface area contributed by atoms with E-state index in [9.17, 15) is 19.5 Å². The fourth-order valence-electron chi connectivity index (χ4n) is 7.53. The number of carbonyl (C=O) groups is 2. The second-order valence-electron chi connectivity index (χ2n) is 17.6. The summed E-state index contributed by atoms with van der Waals surface area (Å²) in [5, 5.41) is 21.0. The fourth-order valence-corrected chi connectivity index (χ4v) is 9.04. The Labute approximate surface area is 370 Å². The summed E-state index contributed by atoms with van der Waals surface area (Å²) in [5.41, 5.74) is 11.6. The lowest BCUT2D eigenvalue weighted by atomic mass is 9.94. The molecule has 1 heterocycles. The number of aromatic amines is 1. The van der Waals surface area contributed by atoms with E-state index in [4.69, 9.17) is 31.2 Å². The Kier molecular flexibility index (Phi) is 15.2. The molecule has 1 aromatic heterocycles. The number of H-pyrrole nitrogens is 1. The number of carbonyl (C=O) groups excluding carboxylic acids is 2. The molecule has 1 fully saturated rings. The van der Waals surface area contributed by atoms with Gasteiger partial charge in [0.25, 0.3) is 0 Å². The van der Waals surface area contributed by atoms with Crippen LogP contribution in [0.1, 0.15) is 82.1 Å². The predicted octanol–water partition coefficient (Wildman–Crippen LogP) is 10.2. The number of rotatable bonds is 16. The van der Waals surface area contributed by atoms with E-state index in [1.54, 1.807) is 31.4 Å². The standard InChI is InChI=1S/C48H60ClN5O7Si/c1-48(2,3)62(5,6)61-43(36-21-23-41(55)46-37(36)22-24-45(57)54-46)29-51-28-32-26-38(49)40(27-42(32)59-4)52-44(56)14-10-11-30-15-20-35(31-12-8-7-9-13-31)39(25-30)53-47(58)60-34-18-16-33(50)17-19-34/h7-9,12-13,15,20-27,33-34,43,51,55H,10-11,14,16-19,28-29,50H2,1-6H3,(H,52,56)(H,53,58)(H,54,57)/t33?,34?,43-/m0/s1. The van der Waals surface area contributed by atoms with Crippen LogP contribution in [0, 0.1) is 0 Å². The highest BCUT2D eigenvalue weighted by Crippen LogP contribution is 2.41. The molecule has 12 nitrogen and oxygen atoms in total. The molecule has 330 valence electrons. The van der Waals surface area contributed by atoms with Crippen molar-refractivity contribution < 1.29 is 28.6 Å². The number of pyridine rings is 1. The van der Waals surface area contributed by atoms with Crippen LogP contribution in [0.3, 0.4) is 0 Å². The van der Waals surface area contributed by atoms with Crippen molar-refractivity contribution in [3.63, 3.8) is 0 Å². The van der Waals surface area contributed by atoms with Gasteiger partial charge in [0.2, 0.25) is 11.5 Å². The van der Waals surface area contributed by atoms with Crippen molar-refractivity contribution in [1.29, 1.82) is 0 Å². The van der Waals surface area contributed by atoms with Gasteiger partial charge in [-0.25, -0.2) is 4.79 Å². The third-order valence-corrected chi connectivity index (χ3v) is 16.9. The molecule has 0 spiro atoms. The van der Waals surface area contributed by atoms with Crippen molar-refractivity contribution in [2.45, 2.75) is 109 Å². The van der Waals surface area contributed by atoms with E-state index in [0.717, 1.165) is 53.5 Å². The first-order valence-electron chi connectivity index (χ1n) is 21.3. The van der Waals surface area contributed by atoms with Crippen LogP contribution < -0.4 is 32.0 Å². The second-order valence-corrected chi connectivity index (χ2v) is 22.8. The Morgan fingerprint density at radius 3 is 2.40 bits per heavy atom. The molecule has 1 saturated carbocycles. The molecular weight excluding hydrogens is 822 g/mol. The minimum absolute atomic E-state index is 0.0101. The van der Waals surface area contributed by atoms with Gasteiger partial charge in [-0.1, -0.05) is 80.9 Å². The summed E-state index contributed by atoms with van der Waals surface area (Å²) in [6.07, 6.45) is 3.53. The van der Waals surface area contributed by atoms with Crippen molar-refractivity contribution in [1.82, 2.24) is 10.3 Å². The molecule has 2 amide bonds. The van der Waals surface area contributed by atoms with Crippen molar-refractivity contribution in [3.8, 4) is 22.6 Å². The average molecular weight is 883 g/mol. The monoisotopic (exact) mass is 881 g/mol. The van der Waals surface area contributed by atoms with Crippen LogP contribution in [-0.2, 0) is 26.9 Å². The Balaban J connectivity index is 1.09. The maximum atomic E-state index is 13.2. The number of methoxy groups -OCH3 is 1. The number of ether oxygens (including phenoxy) is 2. The summed E-state index contributed by atoms with van der Waals surface area (Å²) in [7, 11) is -0.715. The van der Waals surface area contributed by atoms with Crippen LogP contribution >= 0.6 is 11.6 Å². The molecule has 1 atom stereocenters. The molecule has 14 heteroatoms. The lowest BCUT2D eigenvalue weighted by Gasteiger charge is -2.39. The highest BCUT2D eigenvalue weighted by Gasteiger charge is 2.40. The minimum Gasteiger partial charge on any atom is -0.506 e. The number of anilines is 2. The minimum atomic E-state index is -2.29. The van der Waals surface area contributed by atoms with Gasteiger partial charge in [-0.05, 0) is 97.6 Å². The maximum absolute atomic E-state index is 13.2. The van der Waals surface area contributed by atoms with Gasteiger partial charge in [-0.3, -0.25) is 14.9 Å². The first-order valence-corrected chi connectivity index (χ1v) is 24.6. The van der Waals surface area contributed by atoms with Gasteiger partial charge in [0, 0.05) is 54.2 Å². The third-order valence-electron chi connectivity index (χ3n) is 12.1. The number of phenolic OH excluding ortho intramolecular Hbond substituents is 1. The van der Waals surface area contributed by atoms with Gasteiger partial charge in [0.1, 0.15) is 17.6 Å². The second kappa shape index (κ2) is 20.3. The van der Waals surface area contributed by atoms with E-state index in [2.05, 4.69) is 54.8 Å². The molecule has 5 aromatic rings. The molecule has 0 aliphatic heterocycles. The quantitative estimate of drug-likeness (QED) is 0.0527. The van der Waals surface area contributed by atoms with Crippen molar-refractivity contribution >= 4 is 54.2 Å². The number of benzene rings is 4. The molecule has 0 bridgehead atoms. The highest BCUT2D eigenvalue weighted by atomic mass is 35.5. The smallest absolute Gasteiger partial charge is 0.411 e. The molecule has 6 rings (SSSR count). The Morgan fingerprint density at radius 1 is 0.952 bits per heavy atom. The summed E-state index contributed by atoms with van der Waals surface area (Å²) in [5.74, 6) is 0.350. The molecule has 1 aliphatic carbocycles. The van der Waals surface area contributed by atoms with Gasteiger partial charge in [0.15, 0.2) is 8.32 Å². The number of phenols is 1. The number of aryl methyl sites for hydroxylation is 1. The van der Waals surface area contributed by atoms with Gasteiger partial charge in [0.05, 0.1) is 35.1 Å². The van der Waals surface area contributed by atoms with Crippen LogP contribution in [0.2, 0.25) is 23.2 Å². The molecule has 0 unspecified atom stereocenters. The molecule has 0 saturated heterocycles. The van der Waals surface area contributed by atoms with Crippen LogP contribution in [0.25, 0.3) is 22.0 Å². The third kappa shape index (κ3) is 11.8. The zero-order valence-electron chi connectivity index (χ0n) is 36.5. The number of amides is 2. The first kappa shape index (κ1) is 46.3. The first-order chi connectivity index (χ1) is 29.5. The molecule has 0 radical (unpaired) electrons. The molecule has 4 aromatic carbocycles. The highest BCUT2D eigenvalue weighted by molar-refractivity contribution is 6.74. The van der Waals surface area contributed by atoms with Crippen LogP contribution in [0.5, 0.6) is 11.5 Å². The Morgan fingerprint density at radius 2 is 1.69 bits per heavy atom. The normalized spacial score (nSPS) is 16.1. The number of nitrogens with two attached hydrogens (primary N) is 1. The van der Waals surface area contributed by atoms with E-state index in [-0.39, 0.29) is 40.8 Å². The van der Waals surface area contributed by atoms with Crippen LogP contribution in [0.15, 0.2) is 89.7 Å². The van der Waals surface area contributed by atoms with Gasteiger partial charge < -0.3 is 40.4 Å². The lowest BCUT2D eigenvalue weighted by Crippen LogP contribution is -2.43. The van der Waals surface area contributed by atoms with E-state index in [1.807, 2.05) is 54.6 Å². The Bertz CT molecular complexity index is 2410. The van der Waals surface area contributed by atoms with Gasteiger partial charge in [-0.15, -0.1) is 0 Å². The zero-order valence-corrected chi connectivity index (χ0v) is 38.3. The van der Waals surface area contributed by atoms with Crippen molar-refractivity contribution in [2.24, 2.45) is 5.73 Å². The number of hydrogen-bond acceptors (Lipinski definition) is 9. The summed E-state index contributed by atoms with van der Waals surface area (Å²) in [6, 6.07) is 26.1. The lowest BCUT2D eigenvalue weighted by molar-refractivity contribution is -0.116. The number of halogens is 1. The number of aromatic nitrogens is 1. The van der Waals surface area contributed by atoms with Gasteiger partial charge in [-0.2, -0.15) is 0 Å². The summed E-state index contributed by atoms with van der Waals surface area (Å²) in [6.45, 7) is 11.7. The Hall–Kier alpha value is -5.18. The van der Waals surface area contributed by atoms with Crippen molar-refractivity contribution in [3.05, 3.63) is 117 Å². The maximum Gasteiger partial charge on any atom is 0.411 e. The number of hydrogen-bond donors (Lipinski definition) is 6. The predicted molar refractivity (Wildman–Crippen MR) is 251 cm³/mol. The summed E-state index contributed by atoms with van der Waals surface area (Å²) < 4.78 is 18.5. The SMILES string of the molecule is COc1cc(NC(=O)CCCc2ccc(-c3ccccc3)c(NC(=O)OC3CCC(N)CC3)c2)c(Cl)cc1CNC[C@H](O[Si](C)(C)C(C)(C)C)c1ccc(O)c2[nH]c(=O)ccc12. The zero-order chi connectivity index (χ0) is 44.6. The number of aromatic hydroxyl groups is 1. The molecular formula is C48H60ClN5O7Si. The van der Waals surface area contributed by atoms with E-state index < -0.39 is 20.5 Å². The summed E-state index contributed by atoms with van der Waals surface area (Å²) in [4.78, 5) is 41.2. The summed E-state index contributed by atoms with van der Waals surface area (Å²) >= 11 is 6.77. The van der Waals surface area contributed by atoms with Crippen LogP contribution in [-0.4, -0.2) is 56.2 Å². The number of nitrogens with one attached hydrogen (secondary N) is 4. The fraction of sp³-hybridized carbons (Fsp3) is 0.396. The van der Waals surface area contributed by atoms with Gasteiger partial charge >= 0.3 is 6.09 Å². The topological polar surface area (TPSA) is 177 Å². The largest absolute Gasteiger partial charge is 0.506 e. The average Bonchev–Trinajstić information content (AvgIpc) is 3.22. The molecule has 1 aliphatic rings. The van der Waals surface area contributed by atoms with E-state index in [0.29, 0.717) is 59.0 Å². The van der Waals surface area contributed by atoms with E-state index >= 15 is 0 Å². The van der Waals surface area contributed by atoms with Crippen molar-refractivity contribution in [2.75, 3.05) is 24.3 Å². The van der Waals surface area contributed by atoms with E-state index in [1.165, 1.54) is 6.07 Å². The molecule has 62 heavy (non-hydrogen) atoms. The number of fused-ring (bicyclic) bond motifs is 1. The molecule has 7 N–H and O–H groups in total.